The van der Waals surface area contributed by atoms with Gasteiger partial charge in [-0.25, -0.2) is 29.9 Å². The molecular formula is C96H58N6O2S. The fraction of sp³-hybridized carbons (Fsp3) is 0. The molecule has 0 fully saturated rings. The lowest BCUT2D eigenvalue weighted by molar-refractivity contribution is 0.669. The molecule has 9 heteroatoms. The van der Waals surface area contributed by atoms with E-state index >= 15 is 0 Å². The van der Waals surface area contributed by atoms with Crippen LogP contribution in [0, 0.1) is 0 Å². The topological polar surface area (TPSA) is 104 Å². The molecule has 0 aliphatic rings. The summed E-state index contributed by atoms with van der Waals surface area (Å²) in [7, 11) is 0. The Labute approximate surface area is 607 Å². The van der Waals surface area contributed by atoms with Crippen molar-refractivity contribution >= 4 is 108 Å². The Morgan fingerprint density at radius 2 is 0.638 bits per heavy atom. The van der Waals surface area contributed by atoms with E-state index in [0.717, 1.165) is 132 Å². The van der Waals surface area contributed by atoms with Gasteiger partial charge < -0.3 is 8.83 Å². The first-order chi connectivity index (χ1) is 52.0. The van der Waals surface area contributed by atoms with Crippen LogP contribution in [0.4, 0.5) is 0 Å². The van der Waals surface area contributed by atoms with Crippen LogP contribution in [0.25, 0.3) is 209 Å². The van der Waals surface area contributed by atoms with Crippen molar-refractivity contribution in [3.8, 4) is 113 Å². The van der Waals surface area contributed by atoms with Crippen LogP contribution in [0.1, 0.15) is 0 Å². The molecule has 105 heavy (non-hydrogen) atoms. The van der Waals surface area contributed by atoms with Crippen LogP contribution < -0.4 is 0 Å². The van der Waals surface area contributed by atoms with Crippen molar-refractivity contribution in [1.29, 1.82) is 0 Å². The molecule has 0 saturated carbocycles. The summed E-state index contributed by atoms with van der Waals surface area (Å²) in [6.45, 7) is 0. The third-order valence-corrected chi connectivity index (χ3v) is 21.2. The van der Waals surface area contributed by atoms with Crippen LogP contribution in [-0.2, 0) is 0 Å². The fourth-order valence-electron chi connectivity index (χ4n) is 15.0. The van der Waals surface area contributed by atoms with Crippen molar-refractivity contribution in [1.82, 2.24) is 29.9 Å². The Bertz CT molecular complexity index is 6990. The molecule has 21 rings (SSSR count). The van der Waals surface area contributed by atoms with Crippen molar-refractivity contribution in [3.63, 3.8) is 0 Å². The Balaban J connectivity index is 0.000000143. The lowest BCUT2D eigenvalue weighted by atomic mass is 9.92. The zero-order chi connectivity index (χ0) is 69.3. The Morgan fingerprint density at radius 3 is 1.37 bits per heavy atom. The Kier molecular flexibility index (Phi) is 14.9. The number of benzene rings is 16. The van der Waals surface area contributed by atoms with Crippen molar-refractivity contribution in [2.24, 2.45) is 0 Å². The number of para-hydroxylation sites is 1. The number of nitrogens with zero attached hydrogens (tertiary/aromatic N) is 6. The average molecular weight is 1360 g/mol. The monoisotopic (exact) mass is 1360 g/mol. The van der Waals surface area contributed by atoms with Crippen LogP contribution in [0.2, 0.25) is 0 Å². The van der Waals surface area contributed by atoms with E-state index < -0.39 is 0 Å². The molecule has 0 atom stereocenters. The molecule has 0 spiro atoms. The molecule has 0 aliphatic carbocycles. The Morgan fingerprint density at radius 1 is 0.190 bits per heavy atom. The number of hydrogen-bond acceptors (Lipinski definition) is 9. The maximum Gasteiger partial charge on any atom is 0.164 e. The summed E-state index contributed by atoms with van der Waals surface area (Å²) in [6, 6.07) is 122. The maximum atomic E-state index is 6.74. The zero-order valence-electron chi connectivity index (χ0n) is 56.4. The number of fused-ring (bicyclic) bond motifs is 12. The quantitative estimate of drug-likeness (QED) is 0.133. The van der Waals surface area contributed by atoms with Gasteiger partial charge in [-0.3, -0.25) is 0 Å². The largest absolute Gasteiger partial charge is 0.456 e. The highest BCUT2D eigenvalue weighted by molar-refractivity contribution is 7.25. The minimum Gasteiger partial charge on any atom is -0.456 e. The second-order valence-electron chi connectivity index (χ2n) is 26.4. The summed E-state index contributed by atoms with van der Waals surface area (Å²) in [4.78, 5) is 31.2. The first-order valence-corrected chi connectivity index (χ1v) is 35.9. The number of thiophene rings is 1. The predicted octanol–water partition coefficient (Wildman–Crippen LogP) is 26.0. The van der Waals surface area contributed by atoms with Gasteiger partial charge in [-0.15, -0.1) is 11.3 Å². The standard InChI is InChI=1S/C53H31N3OS.C43H27N3O/c1-2-14-32(15-3-1)35-27-28-43(38-19-7-6-18-37(35)38)53-55-51(34-26-29-48-44(31-34)40-21-11-13-25-47(40)58-48)54-52(56-53)42-23-9-8-22-41(42)49-36-17-5-4-16-33(36)30-45-39-20-10-12-24-46(39)57-50(45)49;1-3-12-28(13-4-1)35-20-9-10-21-37(35)43-45-41(29-14-5-2-6-15-29)44-42(46-43)34-19-11-18-30(24-34)33-22-23-36-38-25-31-16-7-8-17-32(31)26-40(38)47-39(36)27-33/h1-31H;1-27H. The van der Waals surface area contributed by atoms with Crippen molar-refractivity contribution < 1.29 is 8.83 Å². The molecule has 0 bridgehead atoms. The molecule has 0 amide bonds. The summed E-state index contributed by atoms with van der Waals surface area (Å²) in [5, 5.41) is 13.7. The van der Waals surface area contributed by atoms with Crippen molar-refractivity contribution in [2.75, 3.05) is 0 Å². The third kappa shape index (κ3) is 11.0. The molecule has 0 N–H and O–H groups in total. The summed E-state index contributed by atoms with van der Waals surface area (Å²) in [5.41, 5.74) is 17.7. The smallest absolute Gasteiger partial charge is 0.164 e. The number of rotatable bonds is 10. The predicted molar refractivity (Wildman–Crippen MR) is 434 cm³/mol. The van der Waals surface area contributed by atoms with E-state index in [-0.39, 0.29) is 0 Å². The van der Waals surface area contributed by atoms with E-state index in [1.165, 1.54) is 42.1 Å². The molecule has 0 unspecified atom stereocenters. The minimum atomic E-state index is 0.597. The van der Waals surface area contributed by atoms with Gasteiger partial charge in [-0.2, -0.15) is 0 Å². The summed E-state index contributed by atoms with van der Waals surface area (Å²) in [5.74, 6) is 3.72. The van der Waals surface area contributed by atoms with E-state index in [9.17, 15) is 0 Å². The van der Waals surface area contributed by atoms with Crippen molar-refractivity contribution in [3.05, 3.63) is 352 Å². The molecule has 5 aromatic heterocycles. The molecule has 8 nitrogen and oxygen atoms in total. The van der Waals surface area contributed by atoms with E-state index in [0.29, 0.717) is 34.9 Å². The highest BCUT2D eigenvalue weighted by Gasteiger charge is 2.24. The highest BCUT2D eigenvalue weighted by atomic mass is 32.1. The van der Waals surface area contributed by atoms with Crippen LogP contribution in [0.15, 0.2) is 361 Å². The van der Waals surface area contributed by atoms with Gasteiger partial charge >= 0.3 is 0 Å². The molecule has 0 aliphatic heterocycles. The van der Waals surface area contributed by atoms with Gasteiger partial charge in [0.15, 0.2) is 34.9 Å². The summed E-state index contributed by atoms with van der Waals surface area (Å²) in [6.07, 6.45) is 0. The lowest BCUT2D eigenvalue weighted by Crippen LogP contribution is -2.02. The van der Waals surface area contributed by atoms with Crippen molar-refractivity contribution in [2.45, 2.75) is 0 Å². The fourth-order valence-corrected chi connectivity index (χ4v) is 16.1. The van der Waals surface area contributed by atoms with Gasteiger partial charge in [-0.1, -0.05) is 279 Å². The van der Waals surface area contributed by atoms with E-state index in [1.54, 1.807) is 0 Å². The Hall–Kier alpha value is -13.9. The molecule has 5 heterocycles. The average Bonchev–Trinajstić information content (AvgIpc) is 1.63. The molecule has 0 radical (unpaired) electrons. The molecule has 490 valence electrons. The molecule has 0 saturated heterocycles. The maximum absolute atomic E-state index is 6.74. The summed E-state index contributed by atoms with van der Waals surface area (Å²) < 4.78 is 15.6. The minimum absolute atomic E-state index is 0.597. The number of furan rings is 2. The number of aromatic nitrogens is 6. The van der Waals surface area contributed by atoms with Gasteiger partial charge in [-0.05, 0) is 144 Å². The first kappa shape index (κ1) is 61.0. The van der Waals surface area contributed by atoms with Crippen LogP contribution >= 0.6 is 11.3 Å². The van der Waals surface area contributed by atoms with E-state index in [4.69, 9.17) is 38.7 Å². The van der Waals surface area contributed by atoms with Crippen LogP contribution in [0.5, 0.6) is 0 Å². The second-order valence-corrected chi connectivity index (χ2v) is 27.4. The van der Waals surface area contributed by atoms with E-state index in [2.05, 4.69) is 297 Å². The summed E-state index contributed by atoms with van der Waals surface area (Å²) >= 11 is 1.81. The second kappa shape index (κ2) is 25.6. The SMILES string of the molecule is c1ccc(-c2ccc(-c3nc(-c4ccc5sc6ccccc6c5c4)nc(-c4ccccc4-c4c5ccccc5cc5c4oc4ccccc45)n3)c3ccccc23)cc1.c1ccc(-c2nc(-c3cccc(-c4ccc5c(c4)oc4cc6ccccc6cc45)c3)nc(-c3ccccc3-c3ccccc3)n2)cc1. The van der Waals surface area contributed by atoms with Gasteiger partial charge in [0, 0.05) is 80.7 Å². The highest BCUT2D eigenvalue weighted by Crippen LogP contribution is 2.46. The normalized spacial score (nSPS) is 11.6. The molecule has 21 aromatic rings. The number of hydrogen-bond donors (Lipinski definition) is 0. The van der Waals surface area contributed by atoms with Gasteiger partial charge in [0.1, 0.15) is 22.3 Å². The van der Waals surface area contributed by atoms with E-state index in [1.807, 2.05) is 65.9 Å². The van der Waals surface area contributed by atoms with Gasteiger partial charge in [0.25, 0.3) is 0 Å². The zero-order valence-corrected chi connectivity index (χ0v) is 57.2. The molecular weight excluding hydrogens is 1300 g/mol. The van der Waals surface area contributed by atoms with Crippen LogP contribution in [-0.4, -0.2) is 29.9 Å². The van der Waals surface area contributed by atoms with Gasteiger partial charge in [0.2, 0.25) is 0 Å². The first-order valence-electron chi connectivity index (χ1n) is 35.1. The van der Waals surface area contributed by atoms with Gasteiger partial charge in [0.05, 0.1) is 0 Å². The molecule has 16 aromatic carbocycles. The van der Waals surface area contributed by atoms with Crippen LogP contribution in [0.3, 0.4) is 0 Å². The lowest BCUT2D eigenvalue weighted by Gasteiger charge is -2.15. The third-order valence-electron chi connectivity index (χ3n) is 20.1.